The molecule has 2 unspecified atom stereocenters. The van der Waals surface area contributed by atoms with Crippen molar-refractivity contribution in [2.75, 3.05) is 6.54 Å². The molecule has 0 saturated heterocycles. The summed E-state index contributed by atoms with van der Waals surface area (Å²) < 4.78 is 25.9. The van der Waals surface area contributed by atoms with Gasteiger partial charge < -0.3 is 5.32 Å². The van der Waals surface area contributed by atoms with E-state index in [9.17, 15) is 8.78 Å². The molecule has 0 aliphatic heterocycles. The minimum atomic E-state index is -0.789. The molecule has 0 aromatic heterocycles. The molecule has 0 fully saturated rings. The molecule has 0 amide bonds. The van der Waals surface area contributed by atoms with Crippen LogP contribution in [0.5, 0.6) is 0 Å². The van der Waals surface area contributed by atoms with Gasteiger partial charge >= 0.3 is 0 Å². The molecule has 1 rings (SSSR count). The maximum absolute atomic E-state index is 13.1. The van der Waals surface area contributed by atoms with Gasteiger partial charge in [-0.2, -0.15) is 0 Å². The van der Waals surface area contributed by atoms with Crippen LogP contribution in [0, 0.1) is 11.6 Å². The van der Waals surface area contributed by atoms with E-state index in [2.05, 4.69) is 26.1 Å². The molecule has 0 aliphatic carbocycles. The Morgan fingerprint density at radius 1 is 1.22 bits per heavy atom. The van der Waals surface area contributed by atoms with Gasteiger partial charge in [-0.1, -0.05) is 20.8 Å². The van der Waals surface area contributed by atoms with E-state index in [4.69, 9.17) is 0 Å². The summed E-state index contributed by atoms with van der Waals surface area (Å²) in [4.78, 5) is 0.776. The van der Waals surface area contributed by atoms with Gasteiger partial charge in [-0.3, -0.25) is 0 Å². The van der Waals surface area contributed by atoms with Crippen LogP contribution in [-0.2, 0) is 0 Å². The van der Waals surface area contributed by atoms with E-state index >= 15 is 0 Å². The van der Waals surface area contributed by atoms with Gasteiger partial charge in [0.1, 0.15) is 0 Å². The molecule has 0 radical (unpaired) electrons. The van der Waals surface area contributed by atoms with E-state index in [1.54, 1.807) is 17.8 Å². The lowest BCUT2D eigenvalue weighted by molar-refractivity contribution is 0.493. The first kappa shape index (κ1) is 15.4. The van der Waals surface area contributed by atoms with Gasteiger partial charge in [-0.15, -0.1) is 11.8 Å². The minimum absolute atomic E-state index is 0.325. The fourth-order valence-electron chi connectivity index (χ4n) is 1.82. The maximum Gasteiger partial charge on any atom is 0.159 e. The molecule has 0 heterocycles. The van der Waals surface area contributed by atoms with Crippen LogP contribution >= 0.6 is 11.8 Å². The Morgan fingerprint density at radius 3 is 2.50 bits per heavy atom. The van der Waals surface area contributed by atoms with Crippen LogP contribution in [0.1, 0.15) is 33.6 Å². The average molecular weight is 273 g/mol. The summed E-state index contributed by atoms with van der Waals surface area (Å²) in [7, 11) is 0. The topological polar surface area (TPSA) is 12.0 Å². The molecule has 0 aliphatic rings. The zero-order valence-electron chi connectivity index (χ0n) is 11.2. The summed E-state index contributed by atoms with van der Waals surface area (Å²) in [5.41, 5.74) is 0. The van der Waals surface area contributed by atoms with E-state index in [0.29, 0.717) is 11.3 Å². The molecular formula is C14H21F2NS. The van der Waals surface area contributed by atoms with Crippen LogP contribution < -0.4 is 5.32 Å². The Labute approximate surface area is 112 Å². The van der Waals surface area contributed by atoms with Crippen molar-refractivity contribution in [2.24, 2.45) is 0 Å². The Bertz CT molecular complexity index is 371. The first-order chi connectivity index (χ1) is 8.58. The van der Waals surface area contributed by atoms with Crippen molar-refractivity contribution < 1.29 is 8.78 Å². The van der Waals surface area contributed by atoms with Crippen LogP contribution in [0.2, 0.25) is 0 Å². The smallest absolute Gasteiger partial charge is 0.159 e. The van der Waals surface area contributed by atoms with Crippen molar-refractivity contribution in [1.29, 1.82) is 0 Å². The highest BCUT2D eigenvalue weighted by Crippen LogP contribution is 2.27. The molecule has 2 atom stereocenters. The predicted molar refractivity (Wildman–Crippen MR) is 74.0 cm³/mol. The molecule has 0 saturated carbocycles. The summed E-state index contributed by atoms with van der Waals surface area (Å²) in [6.45, 7) is 7.37. The van der Waals surface area contributed by atoms with Crippen molar-refractivity contribution >= 4 is 11.8 Å². The van der Waals surface area contributed by atoms with Gasteiger partial charge in [0.25, 0.3) is 0 Å². The van der Waals surface area contributed by atoms with Gasteiger partial charge in [-0.05, 0) is 37.6 Å². The molecular weight excluding hydrogens is 252 g/mol. The SMILES string of the molecule is CCCNC(CC)C(C)Sc1ccc(F)c(F)c1. The van der Waals surface area contributed by atoms with Gasteiger partial charge in [0.2, 0.25) is 0 Å². The zero-order valence-corrected chi connectivity index (χ0v) is 12.0. The van der Waals surface area contributed by atoms with E-state index in [-0.39, 0.29) is 0 Å². The molecule has 102 valence electrons. The third kappa shape index (κ3) is 4.58. The summed E-state index contributed by atoms with van der Waals surface area (Å²) >= 11 is 1.58. The van der Waals surface area contributed by atoms with Crippen LogP contribution in [0.4, 0.5) is 8.78 Å². The fourth-order valence-corrected chi connectivity index (χ4v) is 3.02. The highest BCUT2D eigenvalue weighted by atomic mass is 32.2. The van der Waals surface area contributed by atoms with Crippen molar-refractivity contribution in [2.45, 2.75) is 49.8 Å². The summed E-state index contributed by atoms with van der Waals surface area (Å²) in [6.07, 6.45) is 2.12. The van der Waals surface area contributed by atoms with Crippen LogP contribution in [0.25, 0.3) is 0 Å². The lowest BCUT2D eigenvalue weighted by Gasteiger charge is -2.23. The highest BCUT2D eigenvalue weighted by molar-refractivity contribution is 8.00. The third-order valence-corrected chi connectivity index (χ3v) is 4.10. The second-order valence-corrected chi connectivity index (χ2v) is 5.82. The van der Waals surface area contributed by atoms with Crippen LogP contribution in [-0.4, -0.2) is 17.8 Å². The van der Waals surface area contributed by atoms with E-state index < -0.39 is 11.6 Å². The number of thioether (sulfide) groups is 1. The second-order valence-electron chi connectivity index (χ2n) is 4.37. The largest absolute Gasteiger partial charge is 0.313 e. The number of benzene rings is 1. The molecule has 0 bridgehead atoms. The molecule has 0 spiro atoms. The average Bonchev–Trinajstić information content (AvgIpc) is 2.35. The van der Waals surface area contributed by atoms with Gasteiger partial charge in [-0.25, -0.2) is 8.78 Å². The normalized spacial score (nSPS) is 14.5. The Balaban J connectivity index is 2.61. The summed E-state index contributed by atoms with van der Waals surface area (Å²) in [5.74, 6) is -1.56. The number of halogens is 2. The van der Waals surface area contributed by atoms with E-state index in [1.807, 2.05) is 0 Å². The molecule has 1 aromatic rings. The first-order valence-electron chi connectivity index (χ1n) is 6.43. The first-order valence-corrected chi connectivity index (χ1v) is 7.31. The molecule has 1 N–H and O–H groups in total. The molecule has 1 nitrogen and oxygen atoms in total. The van der Waals surface area contributed by atoms with Gasteiger partial charge in [0.05, 0.1) is 0 Å². The van der Waals surface area contributed by atoms with Gasteiger partial charge in [0.15, 0.2) is 11.6 Å². The van der Waals surface area contributed by atoms with E-state index in [0.717, 1.165) is 24.3 Å². The Kier molecular flexibility index (Phi) is 6.65. The Hall–Kier alpha value is -0.610. The van der Waals surface area contributed by atoms with Crippen molar-refractivity contribution in [3.05, 3.63) is 29.8 Å². The Morgan fingerprint density at radius 2 is 1.94 bits per heavy atom. The summed E-state index contributed by atoms with van der Waals surface area (Å²) in [6, 6.07) is 4.48. The van der Waals surface area contributed by atoms with Crippen molar-refractivity contribution in [3.8, 4) is 0 Å². The maximum atomic E-state index is 13.1. The van der Waals surface area contributed by atoms with E-state index in [1.165, 1.54) is 12.1 Å². The van der Waals surface area contributed by atoms with Crippen LogP contribution in [0.3, 0.4) is 0 Å². The third-order valence-electron chi connectivity index (χ3n) is 2.88. The standard InChI is InChI=1S/C14H21F2NS/c1-4-8-17-14(5-2)10(3)18-11-6-7-12(15)13(16)9-11/h6-7,9-10,14,17H,4-5,8H2,1-3H3. The summed E-state index contributed by atoms with van der Waals surface area (Å²) in [5, 5.41) is 3.80. The zero-order chi connectivity index (χ0) is 13.5. The lowest BCUT2D eigenvalue weighted by atomic mass is 10.1. The number of nitrogens with one attached hydrogen (secondary N) is 1. The molecule has 4 heteroatoms. The fraction of sp³-hybridized carbons (Fsp3) is 0.571. The van der Waals surface area contributed by atoms with Crippen molar-refractivity contribution in [3.63, 3.8) is 0 Å². The highest BCUT2D eigenvalue weighted by Gasteiger charge is 2.16. The molecule has 1 aromatic carbocycles. The number of hydrogen-bond donors (Lipinski definition) is 1. The second kappa shape index (κ2) is 7.74. The predicted octanol–water partition coefficient (Wildman–Crippen LogP) is 4.22. The minimum Gasteiger partial charge on any atom is -0.313 e. The van der Waals surface area contributed by atoms with Gasteiger partial charge in [0, 0.05) is 16.2 Å². The number of hydrogen-bond acceptors (Lipinski definition) is 2. The number of rotatable bonds is 7. The molecule has 18 heavy (non-hydrogen) atoms. The van der Waals surface area contributed by atoms with Crippen molar-refractivity contribution in [1.82, 2.24) is 5.32 Å². The quantitative estimate of drug-likeness (QED) is 0.746. The van der Waals surface area contributed by atoms with Crippen LogP contribution in [0.15, 0.2) is 23.1 Å². The lowest BCUT2D eigenvalue weighted by Crippen LogP contribution is -2.36. The monoisotopic (exact) mass is 273 g/mol.